The predicted molar refractivity (Wildman–Crippen MR) is 125 cm³/mol. The van der Waals surface area contributed by atoms with E-state index in [2.05, 4.69) is 65.9 Å². The van der Waals surface area contributed by atoms with Crippen LogP contribution in [0.5, 0.6) is 0 Å². The first kappa shape index (κ1) is 22.2. The third-order valence-electron chi connectivity index (χ3n) is 5.88. The lowest BCUT2D eigenvalue weighted by atomic mass is 9.93. The Kier molecular flexibility index (Phi) is 7.32. The Hall–Kier alpha value is -2.99. The van der Waals surface area contributed by atoms with Crippen LogP contribution >= 0.6 is 0 Å². The number of rotatable bonds is 5. The first-order valence-corrected chi connectivity index (χ1v) is 11.5. The molecule has 0 saturated carbocycles. The van der Waals surface area contributed by atoms with Gasteiger partial charge in [0.1, 0.15) is 5.69 Å². The zero-order valence-electron chi connectivity index (χ0n) is 18.9. The lowest BCUT2D eigenvalue weighted by molar-refractivity contribution is -0.126. The van der Waals surface area contributed by atoms with Crippen molar-refractivity contribution in [1.29, 1.82) is 0 Å². The van der Waals surface area contributed by atoms with Crippen LogP contribution in [0.3, 0.4) is 0 Å². The van der Waals surface area contributed by atoms with Crippen molar-refractivity contribution in [1.82, 2.24) is 20.3 Å². The van der Waals surface area contributed by atoms with Crippen LogP contribution in [0, 0.1) is 11.8 Å². The lowest BCUT2D eigenvalue weighted by Gasteiger charge is -2.24. The Bertz CT molecular complexity index is 998. The number of nitrogens with zero attached hydrogens (tertiary/aromatic N) is 3. The highest BCUT2D eigenvalue weighted by atomic mass is 16.5. The zero-order chi connectivity index (χ0) is 22.3. The van der Waals surface area contributed by atoms with Gasteiger partial charge in [-0.1, -0.05) is 73.7 Å². The maximum absolute atomic E-state index is 13.3. The van der Waals surface area contributed by atoms with Gasteiger partial charge in [-0.2, -0.15) is 0 Å². The maximum Gasteiger partial charge on any atom is 0.223 e. The smallest absolute Gasteiger partial charge is 0.223 e. The molecule has 0 radical (unpaired) electrons. The molecule has 0 aliphatic carbocycles. The molecule has 1 amide bonds. The van der Waals surface area contributed by atoms with Gasteiger partial charge in [0.2, 0.25) is 5.91 Å². The summed E-state index contributed by atoms with van der Waals surface area (Å²) < 4.78 is 7.65. The molecular weight excluding hydrogens is 400 g/mol. The number of hydrogen-bond donors (Lipinski definition) is 1. The molecule has 0 saturated heterocycles. The second-order valence-corrected chi connectivity index (χ2v) is 9.08. The molecule has 2 heterocycles. The fourth-order valence-electron chi connectivity index (χ4n) is 4.24. The van der Waals surface area contributed by atoms with Crippen LogP contribution in [0.1, 0.15) is 37.9 Å². The molecule has 0 fully saturated rings. The molecule has 6 heteroatoms. The second kappa shape index (κ2) is 10.6. The van der Waals surface area contributed by atoms with Gasteiger partial charge in [0.25, 0.3) is 0 Å². The van der Waals surface area contributed by atoms with E-state index in [4.69, 9.17) is 4.74 Å². The summed E-state index contributed by atoms with van der Waals surface area (Å²) in [6.07, 6.45) is 4.21. The first-order chi connectivity index (χ1) is 15.6. The number of benzene rings is 2. The van der Waals surface area contributed by atoms with Crippen LogP contribution in [-0.2, 0) is 29.1 Å². The summed E-state index contributed by atoms with van der Waals surface area (Å²) in [7, 11) is 0. The van der Waals surface area contributed by atoms with E-state index < -0.39 is 0 Å². The molecule has 3 aromatic rings. The normalized spacial score (nSPS) is 19.8. The van der Waals surface area contributed by atoms with E-state index in [1.165, 1.54) is 11.1 Å². The van der Waals surface area contributed by atoms with E-state index in [1.807, 2.05) is 29.1 Å². The quantitative estimate of drug-likeness (QED) is 0.654. The van der Waals surface area contributed by atoms with Crippen molar-refractivity contribution in [3.8, 4) is 11.1 Å². The van der Waals surface area contributed by atoms with E-state index in [-0.39, 0.29) is 17.9 Å². The molecule has 1 N–H and O–H groups in total. The van der Waals surface area contributed by atoms with Crippen LogP contribution in [-0.4, -0.2) is 33.5 Å². The molecular formula is C26H32N4O2. The molecule has 2 aromatic carbocycles. The molecule has 168 valence electrons. The number of fused-ring (bicyclic) bond motifs is 2. The summed E-state index contributed by atoms with van der Waals surface area (Å²) in [5.41, 5.74) is 4.37. The SMILES string of the molecule is CC(C)C[C@H]1COCc2cn(nn2)CC[C@H](Cc2ccc(-c3ccccc3)cc2)C(=O)N1. The van der Waals surface area contributed by atoms with E-state index >= 15 is 0 Å². The number of hydrogen-bond acceptors (Lipinski definition) is 4. The highest BCUT2D eigenvalue weighted by Crippen LogP contribution is 2.22. The molecule has 1 aliphatic heterocycles. The molecule has 2 bridgehead atoms. The Balaban J connectivity index is 1.50. The summed E-state index contributed by atoms with van der Waals surface area (Å²) in [5.74, 6) is 0.424. The number of nitrogens with one attached hydrogen (secondary N) is 1. The number of amides is 1. The van der Waals surface area contributed by atoms with Gasteiger partial charge >= 0.3 is 0 Å². The summed E-state index contributed by atoms with van der Waals surface area (Å²) in [6.45, 7) is 5.89. The molecule has 0 spiro atoms. The lowest BCUT2D eigenvalue weighted by Crippen LogP contribution is -2.43. The minimum absolute atomic E-state index is 0.0000666. The summed E-state index contributed by atoms with van der Waals surface area (Å²) in [6, 6.07) is 18.9. The van der Waals surface area contributed by atoms with E-state index in [1.54, 1.807) is 0 Å². The highest BCUT2D eigenvalue weighted by molar-refractivity contribution is 5.79. The van der Waals surface area contributed by atoms with Gasteiger partial charge < -0.3 is 10.1 Å². The number of carbonyl (C=O) groups excluding carboxylic acids is 1. The highest BCUT2D eigenvalue weighted by Gasteiger charge is 2.24. The monoisotopic (exact) mass is 432 g/mol. The fourth-order valence-corrected chi connectivity index (χ4v) is 4.24. The van der Waals surface area contributed by atoms with Crippen LogP contribution in [0.2, 0.25) is 0 Å². The Morgan fingerprint density at radius 1 is 1.09 bits per heavy atom. The zero-order valence-corrected chi connectivity index (χ0v) is 18.9. The minimum atomic E-state index is -0.140. The number of carbonyl (C=O) groups is 1. The predicted octanol–water partition coefficient (Wildman–Crippen LogP) is 4.26. The molecule has 0 unspecified atom stereocenters. The van der Waals surface area contributed by atoms with E-state index in [0.29, 0.717) is 38.5 Å². The number of aromatic nitrogens is 3. The van der Waals surface area contributed by atoms with Gasteiger partial charge in [0, 0.05) is 12.5 Å². The van der Waals surface area contributed by atoms with Gasteiger partial charge in [-0.15, -0.1) is 5.10 Å². The fraction of sp³-hybridized carbons (Fsp3) is 0.423. The van der Waals surface area contributed by atoms with Crippen molar-refractivity contribution in [2.45, 2.75) is 52.3 Å². The van der Waals surface area contributed by atoms with Crippen molar-refractivity contribution in [3.63, 3.8) is 0 Å². The van der Waals surface area contributed by atoms with Crippen LogP contribution in [0.4, 0.5) is 0 Å². The molecule has 6 nitrogen and oxygen atoms in total. The van der Waals surface area contributed by atoms with E-state index in [0.717, 1.165) is 17.7 Å². The maximum atomic E-state index is 13.3. The van der Waals surface area contributed by atoms with Crippen molar-refractivity contribution in [2.24, 2.45) is 11.8 Å². The first-order valence-electron chi connectivity index (χ1n) is 11.5. The Labute approximate surface area is 190 Å². The Morgan fingerprint density at radius 3 is 2.59 bits per heavy atom. The molecule has 2 atom stereocenters. The van der Waals surface area contributed by atoms with Crippen molar-refractivity contribution in [3.05, 3.63) is 72.1 Å². The van der Waals surface area contributed by atoms with Crippen LogP contribution in [0.25, 0.3) is 11.1 Å². The van der Waals surface area contributed by atoms with Gasteiger partial charge in [0.15, 0.2) is 0 Å². The van der Waals surface area contributed by atoms with E-state index in [9.17, 15) is 4.79 Å². The number of aryl methyl sites for hydroxylation is 1. The number of ether oxygens (including phenoxy) is 1. The van der Waals surface area contributed by atoms with Gasteiger partial charge in [-0.05, 0) is 41.9 Å². The Morgan fingerprint density at radius 2 is 1.84 bits per heavy atom. The topological polar surface area (TPSA) is 69.0 Å². The van der Waals surface area contributed by atoms with Gasteiger partial charge in [-0.25, -0.2) is 0 Å². The average molecular weight is 433 g/mol. The largest absolute Gasteiger partial charge is 0.373 e. The molecule has 32 heavy (non-hydrogen) atoms. The third kappa shape index (κ3) is 6.04. The summed E-state index contributed by atoms with van der Waals surface area (Å²) in [5, 5.41) is 11.7. The summed E-state index contributed by atoms with van der Waals surface area (Å²) in [4.78, 5) is 13.3. The van der Waals surface area contributed by atoms with Crippen LogP contribution < -0.4 is 5.32 Å². The molecule has 4 rings (SSSR count). The standard InChI is InChI=1S/C26H32N4O2/c1-19(2)14-24-17-32-18-25-16-30(29-28-25)13-12-23(26(31)27-24)15-20-8-10-22(11-9-20)21-6-4-3-5-7-21/h3-11,16,19,23-24H,12-15,17-18H2,1-2H3,(H,27,31)/t23-,24+/m1/s1. The van der Waals surface area contributed by atoms with Crippen LogP contribution in [0.15, 0.2) is 60.8 Å². The van der Waals surface area contributed by atoms with Gasteiger partial charge in [-0.3, -0.25) is 9.48 Å². The van der Waals surface area contributed by atoms with Crippen molar-refractivity contribution in [2.75, 3.05) is 6.61 Å². The third-order valence-corrected chi connectivity index (χ3v) is 5.88. The minimum Gasteiger partial charge on any atom is -0.373 e. The average Bonchev–Trinajstić information content (AvgIpc) is 3.24. The second-order valence-electron chi connectivity index (χ2n) is 9.08. The van der Waals surface area contributed by atoms with Crippen molar-refractivity contribution >= 4 is 5.91 Å². The molecule has 1 aromatic heterocycles. The van der Waals surface area contributed by atoms with Crippen molar-refractivity contribution < 1.29 is 9.53 Å². The van der Waals surface area contributed by atoms with Gasteiger partial charge in [0.05, 0.1) is 25.5 Å². The molecule has 1 aliphatic rings. The summed E-state index contributed by atoms with van der Waals surface area (Å²) >= 11 is 0.